The SMILES string of the molecule is NC[C@H]1CN(c2cc(F)c(N3CC[S+]([O-])CC3)c(F)c2)C(=O)O1. The third-order valence-electron chi connectivity index (χ3n) is 3.94. The number of rotatable bonds is 3. The smallest absolute Gasteiger partial charge is 0.414 e. The first-order valence-corrected chi connectivity index (χ1v) is 8.75. The van der Waals surface area contributed by atoms with E-state index in [1.165, 1.54) is 4.90 Å². The van der Waals surface area contributed by atoms with Gasteiger partial charge in [0.2, 0.25) is 0 Å². The zero-order chi connectivity index (χ0) is 16.6. The fraction of sp³-hybridized carbons (Fsp3) is 0.500. The molecule has 0 aliphatic carbocycles. The van der Waals surface area contributed by atoms with Crippen LogP contribution in [0.3, 0.4) is 0 Å². The van der Waals surface area contributed by atoms with Crippen molar-refractivity contribution in [1.82, 2.24) is 0 Å². The summed E-state index contributed by atoms with van der Waals surface area (Å²) in [6.45, 7) is 0.980. The summed E-state index contributed by atoms with van der Waals surface area (Å²) in [6, 6.07) is 2.23. The molecule has 1 atom stereocenters. The van der Waals surface area contributed by atoms with Gasteiger partial charge in [-0.2, -0.15) is 0 Å². The topological polar surface area (TPSA) is 81.9 Å². The Morgan fingerprint density at radius 2 is 1.91 bits per heavy atom. The molecule has 2 aliphatic rings. The summed E-state index contributed by atoms with van der Waals surface area (Å²) in [5, 5.41) is 0. The Labute approximate surface area is 135 Å². The first-order valence-electron chi connectivity index (χ1n) is 7.26. The number of carbonyl (C=O) groups excluding carboxylic acids is 1. The lowest BCUT2D eigenvalue weighted by Crippen LogP contribution is -2.41. The lowest BCUT2D eigenvalue weighted by molar-refractivity contribution is 0.145. The average Bonchev–Trinajstić information content (AvgIpc) is 2.89. The highest BCUT2D eigenvalue weighted by Crippen LogP contribution is 2.31. The Bertz CT molecular complexity index is 588. The Balaban J connectivity index is 1.84. The van der Waals surface area contributed by atoms with Gasteiger partial charge in [0.05, 0.1) is 25.3 Å². The summed E-state index contributed by atoms with van der Waals surface area (Å²) < 4.78 is 45.1. The van der Waals surface area contributed by atoms with Gasteiger partial charge < -0.3 is 19.9 Å². The molecule has 0 unspecified atom stereocenters. The van der Waals surface area contributed by atoms with E-state index in [1.54, 1.807) is 4.90 Å². The predicted octanol–water partition coefficient (Wildman–Crippen LogP) is 0.817. The van der Waals surface area contributed by atoms with Gasteiger partial charge in [0, 0.05) is 18.7 Å². The number of nitrogens with two attached hydrogens (primary N) is 1. The minimum absolute atomic E-state index is 0.102. The van der Waals surface area contributed by atoms with Crippen LogP contribution in [0.15, 0.2) is 12.1 Å². The van der Waals surface area contributed by atoms with Gasteiger partial charge in [-0.25, -0.2) is 13.6 Å². The Morgan fingerprint density at radius 1 is 1.30 bits per heavy atom. The minimum atomic E-state index is -0.932. The molecule has 23 heavy (non-hydrogen) atoms. The first-order chi connectivity index (χ1) is 11.0. The minimum Gasteiger partial charge on any atom is -0.616 e. The van der Waals surface area contributed by atoms with Crippen LogP contribution in [0.5, 0.6) is 0 Å². The summed E-state index contributed by atoms with van der Waals surface area (Å²) in [5.74, 6) is -0.734. The molecule has 2 N–H and O–H groups in total. The zero-order valence-electron chi connectivity index (χ0n) is 12.3. The van der Waals surface area contributed by atoms with E-state index in [0.29, 0.717) is 24.6 Å². The van der Waals surface area contributed by atoms with Gasteiger partial charge in [-0.1, -0.05) is 11.2 Å². The van der Waals surface area contributed by atoms with Gasteiger partial charge in [-0.3, -0.25) is 4.90 Å². The standard InChI is InChI=1S/C14H17F2N3O3S/c15-11-5-9(19-8-10(7-17)22-14(19)20)6-12(16)13(11)18-1-3-23(21)4-2-18/h5-6,10H,1-4,7-8,17H2/t10-/m0/s1. The Morgan fingerprint density at radius 3 is 2.43 bits per heavy atom. The summed E-state index contributed by atoms with van der Waals surface area (Å²) >= 11 is -0.932. The number of cyclic esters (lactones) is 1. The highest BCUT2D eigenvalue weighted by molar-refractivity contribution is 7.91. The van der Waals surface area contributed by atoms with Gasteiger partial charge in [0.25, 0.3) is 0 Å². The fourth-order valence-corrected chi connectivity index (χ4v) is 3.78. The molecule has 1 aromatic rings. The summed E-state index contributed by atoms with van der Waals surface area (Å²) in [6.07, 6.45) is -1.15. The monoisotopic (exact) mass is 345 g/mol. The second-order valence-corrected chi connectivity index (χ2v) is 7.14. The molecule has 1 amide bonds. The molecule has 6 nitrogen and oxygen atoms in total. The number of halogens is 2. The van der Waals surface area contributed by atoms with Crippen molar-refractivity contribution in [2.24, 2.45) is 5.73 Å². The van der Waals surface area contributed by atoms with E-state index in [0.717, 1.165) is 12.1 Å². The molecule has 0 spiro atoms. The molecule has 0 aromatic heterocycles. The zero-order valence-corrected chi connectivity index (χ0v) is 13.2. The molecule has 0 bridgehead atoms. The van der Waals surface area contributed by atoms with Crippen molar-refractivity contribution in [1.29, 1.82) is 0 Å². The first kappa shape index (κ1) is 16.3. The third kappa shape index (κ3) is 3.22. The van der Waals surface area contributed by atoms with E-state index in [9.17, 15) is 18.1 Å². The van der Waals surface area contributed by atoms with E-state index in [1.807, 2.05) is 0 Å². The van der Waals surface area contributed by atoms with Crippen LogP contribution in [0.4, 0.5) is 25.0 Å². The molecule has 126 valence electrons. The summed E-state index contributed by atoms with van der Waals surface area (Å²) in [4.78, 5) is 14.5. The highest BCUT2D eigenvalue weighted by Gasteiger charge is 2.33. The van der Waals surface area contributed by atoms with Gasteiger partial charge in [-0.05, 0) is 0 Å². The molecule has 9 heteroatoms. The van der Waals surface area contributed by atoms with Gasteiger partial charge >= 0.3 is 6.09 Å². The number of amides is 1. The van der Waals surface area contributed by atoms with E-state index in [4.69, 9.17) is 10.5 Å². The quantitative estimate of drug-likeness (QED) is 0.820. The number of carbonyl (C=O) groups is 1. The number of anilines is 2. The fourth-order valence-electron chi connectivity index (χ4n) is 2.73. The predicted molar refractivity (Wildman–Crippen MR) is 83.1 cm³/mol. The van der Waals surface area contributed by atoms with Crippen LogP contribution in [-0.2, 0) is 15.9 Å². The molecule has 2 saturated heterocycles. The van der Waals surface area contributed by atoms with Crippen molar-refractivity contribution in [2.45, 2.75) is 6.10 Å². The van der Waals surface area contributed by atoms with E-state index >= 15 is 0 Å². The van der Waals surface area contributed by atoms with Crippen molar-refractivity contribution in [3.63, 3.8) is 0 Å². The molecule has 1 aromatic carbocycles. The number of ether oxygens (including phenoxy) is 1. The van der Waals surface area contributed by atoms with Crippen LogP contribution >= 0.6 is 0 Å². The van der Waals surface area contributed by atoms with Crippen LogP contribution < -0.4 is 15.5 Å². The highest BCUT2D eigenvalue weighted by atomic mass is 32.2. The molecular weight excluding hydrogens is 328 g/mol. The maximum atomic E-state index is 14.4. The van der Waals surface area contributed by atoms with Crippen LogP contribution in [0.2, 0.25) is 0 Å². The number of hydrogen-bond donors (Lipinski definition) is 1. The van der Waals surface area contributed by atoms with Gasteiger partial charge in [0.15, 0.2) is 11.6 Å². The molecule has 2 heterocycles. The maximum Gasteiger partial charge on any atom is 0.414 e. The normalized spacial score (nSPS) is 22.6. The Kier molecular flexibility index (Phi) is 4.60. The number of hydrogen-bond acceptors (Lipinski definition) is 5. The summed E-state index contributed by atoms with van der Waals surface area (Å²) in [7, 11) is 0. The number of benzene rings is 1. The largest absolute Gasteiger partial charge is 0.616 e. The second kappa shape index (κ2) is 6.50. The summed E-state index contributed by atoms with van der Waals surface area (Å²) in [5.41, 5.74) is 5.40. The van der Waals surface area contributed by atoms with E-state index in [-0.39, 0.29) is 24.5 Å². The molecule has 0 saturated carbocycles. The molecule has 2 fully saturated rings. The molecule has 2 aliphatic heterocycles. The molecule has 3 rings (SSSR count). The van der Waals surface area contributed by atoms with Crippen LogP contribution in [0, 0.1) is 11.6 Å². The van der Waals surface area contributed by atoms with Crippen LogP contribution in [0.25, 0.3) is 0 Å². The Hall–Kier alpha value is -1.58. The van der Waals surface area contributed by atoms with Crippen LogP contribution in [0.1, 0.15) is 0 Å². The maximum absolute atomic E-state index is 14.4. The molecular formula is C14H17F2N3O3S. The van der Waals surface area contributed by atoms with Crippen molar-refractivity contribution in [3.05, 3.63) is 23.8 Å². The lowest BCUT2D eigenvalue weighted by Gasteiger charge is -2.30. The van der Waals surface area contributed by atoms with E-state index in [2.05, 4.69) is 0 Å². The van der Waals surface area contributed by atoms with Crippen LogP contribution in [-0.4, -0.2) is 54.4 Å². The third-order valence-corrected chi connectivity index (χ3v) is 5.22. The van der Waals surface area contributed by atoms with Crippen molar-refractivity contribution in [2.75, 3.05) is 47.5 Å². The van der Waals surface area contributed by atoms with E-state index < -0.39 is 35.0 Å². The second-order valence-electron chi connectivity index (χ2n) is 5.45. The lowest BCUT2D eigenvalue weighted by atomic mass is 10.2. The van der Waals surface area contributed by atoms with Crippen molar-refractivity contribution in [3.8, 4) is 0 Å². The average molecular weight is 345 g/mol. The van der Waals surface area contributed by atoms with Gasteiger partial charge in [0.1, 0.15) is 23.3 Å². The number of nitrogens with zero attached hydrogens (tertiary/aromatic N) is 2. The van der Waals surface area contributed by atoms with Gasteiger partial charge in [-0.15, -0.1) is 0 Å². The van der Waals surface area contributed by atoms with Crippen molar-refractivity contribution >= 4 is 28.6 Å². The van der Waals surface area contributed by atoms with Crippen molar-refractivity contribution < 1.29 is 22.9 Å². The molecule has 0 radical (unpaired) electrons.